The van der Waals surface area contributed by atoms with E-state index in [4.69, 9.17) is 5.26 Å². The highest BCUT2D eigenvalue weighted by molar-refractivity contribution is 6.50. The lowest BCUT2D eigenvalue weighted by atomic mass is 10.1. The van der Waals surface area contributed by atoms with E-state index in [0.717, 1.165) is 6.20 Å². The largest absolute Gasteiger partial charge is 0.752 e. The third-order valence-electron chi connectivity index (χ3n) is 2.16. The summed E-state index contributed by atoms with van der Waals surface area (Å²) in [4.78, 5) is 0. The van der Waals surface area contributed by atoms with Gasteiger partial charge in [0.25, 0.3) is 5.52 Å². The molecule has 1 aromatic carbocycles. The van der Waals surface area contributed by atoms with Gasteiger partial charge in [-0.25, -0.2) is 0 Å². The lowest BCUT2D eigenvalue weighted by Crippen LogP contribution is -2.52. The van der Waals surface area contributed by atoms with Gasteiger partial charge in [-0.3, -0.25) is 0 Å². The smallest absolute Gasteiger partial charge is 0.407 e. The Kier molecular flexibility index (Phi) is 2.64. The van der Waals surface area contributed by atoms with Gasteiger partial charge in [0.05, 0.1) is 10.9 Å². The number of nitriles is 1. The normalized spacial score (nSPS) is 11.2. The molecule has 2 aromatic rings. The van der Waals surface area contributed by atoms with E-state index in [0.29, 0.717) is 15.7 Å². The molecule has 17 heavy (non-hydrogen) atoms. The molecule has 86 valence electrons. The molecule has 1 heterocycles. The van der Waals surface area contributed by atoms with Crippen molar-refractivity contribution in [3.63, 3.8) is 0 Å². The number of hydrogen-bond acceptors (Lipinski definition) is 2. The molecule has 0 atom stereocenters. The molecule has 7 heteroatoms. The van der Waals surface area contributed by atoms with Gasteiger partial charge in [-0.05, 0) is 10.8 Å². The Morgan fingerprint density at radius 1 is 1.18 bits per heavy atom. The quantitative estimate of drug-likeness (QED) is 0.590. The summed E-state index contributed by atoms with van der Waals surface area (Å²) in [6, 6.07) is 9.44. The molecule has 0 bridgehead atoms. The monoisotopic (exact) mass is 238 g/mol. The van der Waals surface area contributed by atoms with Crippen LogP contribution in [0.15, 0.2) is 36.5 Å². The highest BCUT2D eigenvalue weighted by Crippen LogP contribution is 2.14. The summed E-state index contributed by atoms with van der Waals surface area (Å²) in [6.07, 6.45) is 1.08. The standard InChI is InChI=1S/C10H6BF3N2O/c12-11(13,14)17-16-6-5-8(7-15)9-3-1-2-4-10(9)16/h1-6H. The first-order valence-electron chi connectivity index (χ1n) is 4.73. The zero-order chi connectivity index (χ0) is 12.5. The van der Waals surface area contributed by atoms with Crippen LogP contribution in [0.25, 0.3) is 10.9 Å². The number of pyridine rings is 1. The van der Waals surface area contributed by atoms with Gasteiger partial charge in [0.15, 0.2) is 0 Å². The number of halogens is 3. The van der Waals surface area contributed by atoms with Gasteiger partial charge in [0, 0.05) is 12.1 Å². The van der Waals surface area contributed by atoms with Crippen molar-refractivity contribution in [2.75, 3.05) is 0 Å². The fourth-order valence-corrected chi connectivity index (χ4v) is 1.52. The lowest BCUT2D eigenvalue weighted by Gasteiger charge is -2.11. The highest BCUT2D eigenvalue weighted by atomic mass is 19.4. The highest BCUT2D eigenvalue weighted by Gasteiger charge is 2.35. The molecule has 0 aliphatic rings. The van der Waals surface area contributed by atoms with Gasteiger partial charge >= 0.3 is 7.18 Å². The van der Waals surface area contributed by atoms with Crippen molar-refractivity contribution >= 4 is 18.1 Å². The Labute approximate surface area is 94.7 Å². The number of fused-ring (bicyclic) bond motifs is 1. The van der Waals surface area contributed by atoms with Gasteiger partial charge in [0.2, 0.25) is 6.20 Å². The maximum Gasteiger partial charge on any atom is 0.752 e. The third kappa shape index (κ3) is 2.31. The minimum atomic E-state index is -5.40. The van der Waals surface area contributed by atoms with E-state index < -0.39 is 7.18 Å². The molecule has 0 fully saturated rings. The molecule has 0 saturated heterocycles. The van der Waals surface area contributed by atoms with Crippen molar-refractivity contribution < 1.29 is 22.4 Å². The van der Waals surface area contributed by atoms with E-state index in [-0.39, 0.29) is 5.52 Å². The molecule has 0 spiro atoms. The van der Waals surface area contributed by atoms with Gasteiger partial charge in [0.1, 0.15) is 6.07 Å². The van der Waals surface area contributed by atoms with Crippen LogP contribution in [0, 0.1) is 11.3 Å². The minimum absolute atomic E-state index is 0.200. The fraction of sp³-hybridized carbons (Fsp3) is 0. The Hall–Kier alpha value is -2.23. The van der Waals surface area contributed by atoms with Crippen molar-refractivity contribution in [3.8, 4) is 6.07 Å². The van der Waals surface area contributed by atoms with E-state index in [1.165, 1.54) is 12.1 Å². The summed E-state index contributed by atoms with van der Waals surface area (Å²) < 4.78 is 41.1. The number of rotatable bonds is 2. The van der Waals surface area contributed by atoms with Gasteiger partial charge in [-0.15, -0.1) is 0 Å². The van der Waals surface area contributed by atoms with Gasteiger partial charge in [-0.1, -0.05) is 12.1 Å². The summed E-state index contributed by atoms with van der Waals surface area (Å²) in [5.41, 5.74) is 0.501. The van der Waals surface area contributed by atoms with Gasteiger partial charge < -0.3 is 17.7 Å². The number of benzene rings is 1. The van der Waals surface area contributed by atoms with Crippen LogP contribution in [0.5, 0.6) is 0 Å². The number of hydrogen-bond donors (Lipinski definition) is 0. The second-order valence-corrected chi connectivity index (χ2v) is 3.30. The maximum absolute atomic E-state index is 12.2. The van der Waals surface area contributed by atoms with Crippen LogP contribution in [0.2, 0.25) is 0 Å². The Balaban J connectivity index is 2.64. The molecule has 0 radical (unpaired) electrons. The topological polar surface area (TPSA) is 36.9 Å². The Morgan fingerprint density at radius 2 is 1.88 bits per heavy atom. The molecule has 0 unspecified atom stereocenters. The SMILES string of the molecule is N#Cc1cc[n+](O[B-](F)(F)F)c2ccccc12. The summed E-state index contributed by atoms with van der Waals surface area (Å²) in [7, 11) is -5.40. The maximum atomic E-state index is 12.2. The first kappa shape index (κ1) is 11.3. The van der Waals surface area contributed by atoms with Crippen molar-refractivity contribution in [3.05, 3.63) is 42.1 Å². The van der Waals surface area contributed by atoms with Crippen molar-refractivity contribution in [2.24, 2.45) is 0 Å². The summed E-state index contributed by atoms with van der Waals surface area (Å²) in [5.74, 6) is 0. The average Bonchev–Trinajstić information content (AvgIpc) is 2.28. The van der Waals surface area contributed by atoms with Crippen LogP contribution in [-0.4, -0.2) is 7.18 Å². The van der Waals surface area contributed by atoms with Crippen LogP contribution in [0.3, 0.4) is 0 Å². The van der Waals surface area contributed by atoms with Crippen molar-refractivity contribution in [2.45, 2.75) is 0 Å². The molecule has 0 saturated carbocycles. The molecular weight excluding hydrogens is 232 g/mol. The van der Waals surface area contributed by atoms with E-state index in [9.17, 15) is 12.9 Å². The fourth-order valence-electron chi connectivity index (χ4n) is 1.52. The number of para-hydroxylation sites is 1. The van der Waals surface area contributed by atoms with E-state index in [1.807, 2.05) is 6.07 Å². The first-order valence-corrected chi connectivity index (χ1v) is 4.73. The zero-order valence-corrected chi connectivity index (χ0v) is 8.48. The Morgan fingerprint density at radius 3 is 2.53 bits per heavy atom. The van der Waals surface area contributed by atoms with Crippen LogP contribution < -0.4 is 9.49 Å². The predicted octanol–water partition coefficient (Wildman–Crippen LogP) is 1.77. The van der Waals surface area contributed by atoms with Crippen LogP contribution in [0.1, 0.15) is 5.56 Å². The van der Waals surface area contributed by atoms with E-state index in [1.54, 1.807) is 18.2 Å². The number of nitrogens with zero attached hydrogens (tertiary/aromatic N) is 2. The lowest BCUT2D eigenvalue weighted by molar-refractivity contribution is -0.847. The molecule has 0 N–H and O–H groups in total. The zero-order valence-electron chi connectivity index (χ0n) is 8.48. The van der Waals surface area contributed by atoms with Crippen LogP contribution >= 0.6 is 0 Å². The summed E-state index contributed by atoms with van der Waals surface area (Å²) >= 11 is 0. The molecule has 0 aliphatic carbocycles. The molecule has 1 aromatic heterocycles. The predicted molar refractivity (Wildman–Crippen MR) is 54.5 cm³/mol. The minimum Gasteiger partial charge on any atom is -0.407 e. The third-order valence-corrected chi connectivity index (χ3v) is 2.16. The average molecular weight is 238 g/mol. The second kappa shape index (κ2) is 3.98. The van der Waals surface area contributed by atoms with Crippen LogP contribution in [-0.2, 0) is 0 Å². The van der Waals surface area contributed by atoms with Crippen molar-refractivity contribution in [1.82, 2.24) is 0 Å². The Bertz CT molecular complexity index is 607. The molecule has 0 aliphatic heterocycles. The number of aromatic nitrogens is 1. The van der Waals surface area contributed by atoms with E-state index >= 15 is 0 Å². The van der Waals surface area contributed by atoms with Gasteiger partial charge in [-0.2, -0.15) is 5.26 Å². The second-order valence-electron chi connectivity index (χ2n) is 3.30. The van der Waals surface area contributed by atoms with Crippen molar-refractivity contribution in [1.29, 1.82) is 5.26 Å². The van der Waals surface area contributed by atoms with E-state index in [2.05, 4.69) is 4.76 Å². The molecule has 0 amide bonds. The summed E-state index contributed by atoms with van der Waals surface area (Å²) in [6.45, 7) is 0. The molecule has 3 nitrogen and oxygen atoms in total. The molecule has 2 rings (SSSR count). The van der Waals surface area contributed by atoms with Crippen LogP contribution in [0.4, 0.5) is 12.9 Å². The summed E-state index contributed by atoms with van der Waals surface area (Å²) in [5, 5.41) is 9.26. The molecular formula is C10H6BF3N2O. The first-order chi connectivity index (χ1) is 8.01.